The summed E-state index contributed by atoms with van der Waals surface area (Å²) in [6.07, 6.45) is 17.6. The number of carbonyl (C=O) groups is 2. The number of carbonyl (C=O) groups excluding carboxylic acids is 2. The van der Waals surface area contributed by atoms with Crippen LogP contribution in [0.3, 0.4) is 0 Å². The average Bonchev–Trinajstić information content (AvgIpc) is 3.65. The van der Waals surface area contributed by atoms with Crippen molar-refractivity contribution in [3.8, 4) is 22.8 Å². The van der Waals surface area contributed by atoms with Crippen molar-refractivity contribution < 1.29 is 19.1 Å². The highest BCUT2D eigenvalue weighted by atomic mass is 16.5. The zero-order valence-corrected chi connectivity index (χ0v) is 25.0. The SMILES string of the molecule is COc1cccc(OC)c1-c1cc(C(=O)N[C@@H](CCCC2CCCCC2)CC(=O)NC2CCC2)nn1C1CCCC1. The van der Waals surface area contributed by atoms with Crippen molar-refractivity contribution in [1.29, 1.82) is 0 Å². The molecule has 3 fully saturated rings. The fourth-order valence-electron chi connectivity index (χ4n) is 6.90. The lowest BCUT2D eigenvalue weighted by Crippen LogP contribution is -2.44. The number of amides is 2. The smallest absolute Gasteiger partial charge is 0.272 e. The van der Waals surface area contributed by atoms with E-state index in [1.165, 1.54) is 44.9 Å². The molecule has 0 saturated heterocycles. The van der Waals surface area contributed by atoms with Crippen LogP contribution in [0.25, 0.3) is 11.3 Å². The van der Waals surface area contributed by atoms with Crippen molar-refractivity contribution in [2.75, 3.05) is 14.2 Å². The molecule has 224 valence electrons. The third-order valence-electron chi connectivity index (χ3n) is 9.45. The molecular formula is C33H48N4O4. The van der Waals surface area contributed by atoms with E-state index in [9.17, 15) is 9.59 Å². The summed E-state index contributed by atoms with van der Waals surface area (Å²) in [5, 5.41) is 11.2. The van der Waals surface area contributed by atoms with E-state index in [0.717, 1.165) is 68.5 Å². The van der Waals surface area contributed by atoms with Gasteiger partial charge in [-0.05, 0) is 62.6 Å². The summed E-state index contributed by atoms with van der Waals surface area (Å²) in [5.41, 5.74) is 2.00. The van der Waals surface area contributed by atoms with Gasteiger partial charge in [-0.25, -0.2) is 0 Å². The number of hydrogen-bond donors (Lipinski definition) is 2. The topological polar surface area (TPSA) is 94.5 Å². The van der Waals surface area contributed by atoms with E-state index in [4.69, 9.17) is 14.6 Å². The van der Waals surface area contributed by atoms with Crippen LogP contribution in [-0.4, -0.2) is 47.9 Å². The third-order valence-corrected chi connectivity index (χ3v) is 9.45. The number of hydrogen-bond acceptors (Lipinski definition) is 5. The number of nitrogens with one attached hydrogen (secondary N) is 2. The van der Waals surface area contributed by atoms with Gasteiger partial charge < -0.3 is 20.1 Å². The molecule has 1 atom stereocenters. The quantitative estimate of drug-likeness (QED) is 0.286. The molecular weight excluding hydrogens is 516 g/mol. The van der Waals surface area contributed by atoms with Crippen LogP contribution in [-0.2, 0) is 4.79 Å². The maximum Gasteiger partial charge on any atom is 0.272 e. The van der Waals surface area contributed by atoms with E-state index in [-0.39, 0.29) is 23.9 Å². The molecule has 0 aliphatic heterocycles. The number of aromatic nitrogens is 2. The molecule has 5 rings (SSSR count). The van der Waals surface area contributed by atoms with Crippen molar-refractivity contribution in [3.05, 3.63) is 30.0 Å². The van der Waals surface area contributed by atoms with Gasteiger partial charge in [0.2, 0.25) is 5.91 Å². The summed E-state index contributed by atoms with van der Waals surface area (Å²) in [5.74, 6) is 1.96. The van der Waals surface area contributed by atoms with Crippen LogP contribution >= 0.6 is 0 Å². The molecule has 2 N–H and O–H groups in total. The number of benzene rings is 1. The lowest BCUT2D eigenvalue weighted by Gasteiger charge is -2.28. The van der Waals surface area contributed by atoms with E-state index in [2.05, 4.69) is 10.6 Å². The molecule has 0 bridgehead atoms. The second-order valence-electron chi connectivity index (χ2n) is 12.3. The van der Waals surface area contributed by atoms with Crippen LogP contribution < -0.4 is 20.1 Å². The first-order valence-corrected chi connectivity index (χ1v) is 16.0. The molecule has 3 aliphatic rings. The lowest BCUT2D eigenvalue weighted by atomic mass is 9.85. The zero-order valence-electron chi connectivity index (χ0n) is 25.0. The van der Waals surface area contributed by atoms with Gasteiger partial charge in [0.15, 0.2) is 5.69 Å². The van der Waals surface area contributed by atoms with Gasteiger partial charge in [0.1, 0.15) is 11.5 Å². The molecule has 8 nitrogen and oxygen atoms in total. The Morgan fingerprint density at radius 1 is 0.951 bits per heavy atom. The van der Waals surface area contributed by atoms with Crippen molar-refractivity contribution >= 4 is 11.8 Å². The average molecular weight is 565 g/mol. The van der Waals surface area contributed by atoms with Crippen LogP contribution in [0, 0.1) is 5.92 Å². The summed E-state index contributed by atoms with van der Waals surface area (Å²) in [6.45, 7) is 0. The van der Waals surface area contributed by atoms with Gasteiger partial charge in [0.05, 0.1) is 31.5 Å². The van der Waals surface area contributed by atoms with E-state index in [1.54, 1.807) is 14.2 Å². The second kappa shape index (κ2) is 14.2. The van der Waals surface area contributed by atoms with Crippen LogP contribution in [0.2, 0.25) is 0 Å². The first-order valence-electron chi connectivity index (χ1n) is 16.0. The third kappa shape index (κ3) is 7.44. The van der Waals surface area contributed by atoms with Crippen LogP contribution in [0.15, 0.2) is 24.3 Å². The van der Waals surface area contributed by atoms with Crippen LogP contribution in [0.4, 0.5) is 0 Å². The van der Waals surface area contributed by atoms with E-state index < -0.39 is 0 Å². The number of rotatable bonds is 13. The fourth-order valence-corrected chi connectivity index (χ4v) is 6.90. The molecule has 8 heteroatoms. The Hall–Kier alpha value is -3.03. The highest BCUT2D eigenvalue weighted by Gasteiger charge is 2.29. The standard InChI is InChI=1S/C33H48N4O4/c1-40-29-19-10-20-30(41-2)32(29)28-22-27(36-37(28)26-17-6-7-18-26)33(39)35-25(21-31(38)34-24-14-9-15-24)16-8-13-23-11-4-3-5-12-23/h10,19-20,22-26H,3-9,11-18,21H2,1-2H3,(H,34,38)(H,35,39)/t25-/m0/s1. The Bertz CT molecular complexity index is 1140. The zero-order chi connectivity index (χ0) is 28.6. The lowest BCUT2D eigenvalue weighted by molar-refractivity contribution is -0.122. The number of ether oxygens (including phenoxy) is 2. The Labute approximate surface area is 244 Å². The molecule has 2 aromatic rings. The highest BCUT2D eigenvalue weighted by molar-refractivity contribution is 5.94. The van der Waals surface area contributed by atoms with Gasteiger partial charge in [-0.2, -0.15) is 5.10 Å². The first kappa shape index (κ1) is 29.5. The molecule has 2 amide bonds. The normalized spacial score (nSPS) is 19.0. The highest BCUT2D eigenvalue weighted by Crippen LogP contribution is 2.42. The minimum absolute atomic E-state index is 0.0357. The maximum atomic E-state index is 13.7. The second-order valence-corrected chi connectivity index (χ2v) is 12.3. The Balaban J connectivity index is 1.35. The van der Waals surface area contributed by atoms with E-state index >= 15 is 0 Å². The van der Waals surface area contributed by atoms with Gasteiger partial charge in [0.25, 0.3) is 5.91 Å². The van der Waals surface area contributed by atoms with Gasteiger partial charge in [-0.15, -0.1) is 0 Å². The molecule has 3 saturated carbocycles. The minimum atomic E-state index is -0.226. The van der Waals surface area contributed by atoms with Gasteiger partial charge in [-0.1, -0.05) is 63.9 Å². The summed E-state index contributed by atoms with van der Waals surface area (Å²) in [6, 6.07) is 7.88. The first-order chi connectivity index (χ1) is 20.1. The van der Waals surface area contributed by atoms with Crippen molar-refractivity contribution in [2.45, 2.75) is 121 Å². The molecule has 1 aromatic carbocycles. The molecule has 0 unspecified atom stereocenters. The Morgan fingerprint density at radius 3 is 2.27 bits per heavy atom. The molecule has 1 aromatic heterocycles. The Kier molecular flexibility index (Phi) is 10.2. The summed E-state index contributed by atoms with van der Waals surface area (Å²) >= 11 is 0. The summed E-state index contributed by atoms with van der Waals surface area (Å²) in [7, 11) is 3.30. The fraction of sp³-hybridized carbons (Fsp3) is 0.667. The van der Waals surface area contributed by atoms with E-state index in [1.807, 2.05) is 28.9 Å². The van der Waals surface area contributed by atoms with Gasteiger partial charge >= 0.3 is 0 Å². The van der Waals surface area contributed by atoms with Crippen LogP contribution in [0.5, 0.6) is 11.5 Å². The van der Waals surface area contributed by atoms with Crippen molar-refractivity contribution in [1.82, 2.24) is 20.4 Å². The number of methoxy groups -OCH3 is 2. The molecule has 1 heterocycles. The van der Waals surface area contributed by atoms with Gasteiger partial charge in [0, 0.05) is 18.5 Å². The molecule has 41 heavy (non-hydrogen) atoms. The van der Waals surface area contributed by atoms with E-state index in [0.29, 0.717) is 29.7 Å². The largest absolute Gasteiger partial charge is 0.496 e. The number of nitrogens with zero attached hydrogens (tertiary/aromatic N) is 2. The molecule has 0 spiro atoms. The maximum absolute atomic E-state index is 13.7. The van der Waals surface area contributed by atoms with Crippen molar-refractivity contribution in [3.63, 3.8) is 0 Å². The van der Waals surface area contributed by atoms with Crippen molar-refractivity contribution in [2.24, 2.45) is 5.92 Å². The minimum Gasteiger partial charge on any atom is -0.496 e. The monoisotopic (exact) mass is 564 g/mol. The summed E-state index contributed by atoms with van der Waals surface area (Å²) < 4.78 is 13.4. The van der Waals surface area contributed by atoms with Crippen LogP contribution in [0.1, 0.15) is 119 Å². The molecule has 0 radical (unpaired) electrons. The predicted octanol–water partition coefficient (Wildman–Crippen LogP) is 6.59. The summed E-state index contributed by atoms with van der Waals surface area (Å²) in [4.78, 5) is 26.6. The Morgan fingerprint density at radius 2 is 1.63 bits per heavy atom. The molecule has 3 aliphatic carbocycles. The van der Waals surface area contributed by atoms with Gasteiger partial charge in [-0.3, -0.25) is 14.3 Å². The predicted molar refractivity (Wildman–Crippen MR) is 160 cm³/mol.